The minimum Gasteiger partial charge on any atom is -0.312 e. The second-order valence-corrected chi connectivity index (χ2v) is 5.81. The molecule has 1 fully saturated rings. The molecule has 1 heterocycles. The van der Waals surface area contributed by atoms with Crippen LogP contribution in [-0.4, -0.2) is 18.8 Å². The first-order valence-electron chi connectivity index (χ1n) is 4.65. The van der Waals surface area contributed by atoms with Crippen molar-refractivity contribution in [2.24, 2.45) is 5.41 Å². The molecule has 0 saturated carbocycles. The van der Waals surface area contributed by atoms with E-state index in [-0.39, 0.29) is 17.6 Å². The Morgan fingerprint density at radius 2 is 1.62 bits per heavy atom. The fourth-order valence-corrected chi connectivity index (χ4v) is 2.32. The van der Waals surface area contributed by atoms with E-state index in [1.54, 1.807) is 0 Å². The molecule has 0 aliphatic carbocycles. The summed E-state index contributed by atoms with van der Waals surface area (Å²) < 4.78 is 16.5. The van der Waals surface area contributed by atoms with Crippen LogP contribution in [0, 0.1) is 5.41 Å². The highest BCUT2D eigenvalue weighted by Crippen LogP contribution is 2.49. The molecule has 2 atom stereocenters. The molecule has 1 rings (SSSR count). The summed E-state index contributed by atoms with van der Waals surface area (Å²) in [6.45, 7) is 11.1. The van der Waals surface area contributed by atoms with Gasteiger partial charge in [-0.05, 0) is 19.3 Å². The first kappa shape index (κ1) is 11.4. The van der Waals surface area contributed by atoms with E-state index >= 15 is 0 Å². The Bertz CT molecular complexity index is 157. The first-order valence-corrected chi connectivity index (χ1v) is 5.74. The van der Waals surface area contributed by atoms with Gasteiger partial charge in [0, 0.05) is 0 Å². The molecular formula is C9H19O3P. The van der Waals surface area contributed by atoms with Crippen molar-refractivity contribution in [3.63, 3.8) is 0 Å². The average Bonchev–Trinajstić information content (AvgIpc) is 2.27. The molecule has 1 aliphatic heterocycles. The van der Waals surface area contributed by atoms with Gasteiger partial charge in [-0.1, -0.05) is 20.8 Å². The van der Waals surface area contributed by atoms with Gasteiger partial charge < -0.3 is 13.6 Å². The minimum atomic E-state index is -1.09. The lowest BCUT2D eigenvalue weighted by atomic mass is 9.99. The van der Waals surface area contributed by atoms with E-state index in [1.807, 2.05) is 13.8 Å². The SMILES string of the molecule is CC1OP(OCC(C)(C)C)OC1C. The van der Waals surface area contributed by atoms with Gasteiger partial charge in [0.25, 0.3) is 0 Å². The second-order valence-electron chi connectivity index (χ2n) is 4.68. The molecule has 0 amide bonds. The van der Waals surface area contributed by atoms with Crippen molar-refractivity contribution in [1.29, 1.82) is 0 Å². The maximum atomic E-state index is 5.53. The Hall–Kier alpha value is 0.310. The highest BCUT2D eigenvalue weighted by Gasteiger charge is 2.32. The van der Waals surface area contributed by atoms with Crippen LogP contribution in [0.15, 0.2) is 0 Å². The summed E-state index contributed by atoms with van der Waals surface area (Å²) >= 11 is 0. The molecule has 78 valence electrons. The molecule has 1 saturated heterocycles. The van der Waals surface area contributed by atoms with Crippen molar-refractivity contribution < 1.29 is 13.6 Å². The lowest BCUT2D eigenvalue weighted by molar-refractivity contribution is 0.163. The molecule has 0 bridgehead atoms. The van der Waals surface area contributed by atoms with Gasteiger partial charge in [-0.2, -0.15) is 0 Å². The minimum absolute atomic E-state index is 0.158. The van der Waals surface area contributed by atoms with Gasteiger partial charge in [-0.15, -0.1) is 0 Å². The second kappa shape index (κ2) is 4.22. The maximum absolute atomic E-state index is 5.53. The van der Waals surface area contributed by atoms with Crippen LogP contribution in [0.5, 0.6) is 0 Å². The van der Waals surface area contributed by atoms with Crippen molar-refractivity contribution in [2.75, 3.05) is 6.61 Å². The Morgan fingerprint density at radius 1 is 1.15 bits per heavy atom. The summed E-state index contributed by atoms with van der Waals surface area (Å²) in [5.41, 5.74) is 0.171. The molecule has 0 radical (unpaired) electrons. The van der Waals surface area contributed by atoms with Crippen LogP contribution in [0.2, 0.25) is 0 Å². The lowest BCUT2D eigenvalue weighted by Gasteiger charge is -2.19. The average molecular weight is 206 g/mol. The van der Waals surface area contributed by atoms with Crippen LogP contribution < -0.4 is 0 Å². The molecule has 13 heavy (non-hydrogen) atoms. The van der Waals surface area contributed by atoms with Crippen molar-refractivity contribution in [1.82, 2.24) is 0 Å². The van der Waals surface area contributed by atoms with Crippen LogP contribution >= 0.6 is 8.60 Å². The summed E-state index contributed by atoms with van der Waals surface area (Å²) in [4.78, 5) is 0. The van der Waals surface area contributed by atoms with E-state index in [9.17, 15) is 0 Å². The van der Waals surface area contributed by atoms with Gasteiger partial charge in [-0.3, -0.25) is 0 Å². The van der Waals surface area contributed by atoms with E-state index in [0.717, 1.165) is 0 Å². The molecule has 2 unspecified atom stereocenters. The molecule has 0 aromatic rings. The summed E-state index contributed by atoms with van der Waals surface area (Å²) in [6, 6.07) is 0. The number of rotatable bonds is 2. The standard InChI is InChI=1S/C9H19O3P/c1-7-8(2)12-13(11-7)10-6-9(3,4)5/h7-8H,6H2,1-5H3. The quantitative estimate of drug-likeness (QED) is 0.650. The van der Waals surface area contributed by atoms with Crippen LogP contribution in [0.1, 0.15) is 34.6 Å². The topological polar surface area (TPSA) is 27.7 Å². The number of hydrogen-bond donors (Lipinski definition) is 0. The van der Waals surface area contributed by atoms with Gasteiger partial charge in [0.2, 0.25) is 0 Å². The van der Waals surface area contributed by atoms with Crippen molar-refractivity contribution >= 4 is 8.60 Å². The third kappa shape index (κ3) is 3.90. The van der Waals surface area contributed by atoms with E-state index in [4.69, 9.17) is 13.6 Å². The van der Waals surface area contributed by atoms with Crippen LogP contribution in [0.4, 0.5) is 0 Å². The molecule has 0 N–H and O–H groups in total. The zero-order valence-corrected chi connectivity index (χ0v) is 9.93. The lowest BCUT2D eigenvalue weighted by Crippen LogP contribution is -2.13. The smallest absolute Gasteiger partial charge is 0.312 e. The van der Waals surface area contributed by atoms with E-state index in [0.29, 0.717) is 6.61 Å². The largest absolute Gasteiger partial charge is 0.333 e. The molecule has 0 aromatic carbocycles. The molecule has 3 nitrogen and oxygen atoms in total. The molecule has 1 aliphatic rings. The van der Waals surface area contributed by atoms with Crippen LogP contribution in [0.25, 0.3) is 0 Å². The molecule has 4 heteroatoms. The summed E-state index contributed by atoms with van der Waals surface area (Å²) in [6.07, 6.45) is 0.317. The van der Waals surface area contributed by atoms with Gasteiger partial charge in [-0.25, -0.2) is 0 Å². The predicted octanol–water partition coefficient (Wildman–Crippen LogP) is 3.10. The summed E-state index contributed by atoms with van der Waals surface area (Å²) in [7, 11) is -1.09. The number of hydrogen-bond acceptors (Lipinski definition) is 3. The summed E-state index contributed by atoms with van der Waals surface area (Å²) in [5, 5.41) is 0. The van der Waals surface area contributed by atoms with Crippen LogP contribution in [-0.2, 0) is 13.6 Å². The third-order valence-electron chi connectivity index (χ3n) is 1.77. The Labute approximate surface area is 81.8 Å². The highest BCUT2D eigenvalue weighted by molar-refractivity contribution is 7.42. The Kier molecular flexibility index (Phi) is 3.70. The van der Waals surface area contributed by atoms with Gasteiger partial charge in [0.1, 0.15) is 0 Å². The molecular weight excluding hydrogens is 187 g/mol. The van der Waals surface area contributed by atoms with Gasteiger partial charge >= 0.3 is 8.60 Å². The van der Waals surface area contributed by atoms with Crippen molar-refractivity contribution in [2.45, 2.75) is 46.8 Å². The fraction of sp³-hybridized carbons (Fsp3) is 1.00. The predicted molar refractivity (Wildman–Crippen MR) is 53.4 cm³/mol. The third-order valence-corrected chi connectivity index (χ3v) is 3.12. The normalized spacial score (nSPS) is 35.3. The Balaban J connectivity index is 2.25. The summed E-state index contributed by atoms with van der Waals surface area (Å²) in [5.74, 6) is 0. The highest BCUT2D eigenvalue weighted by atomic mass is 31.2. The van der Waals surface area contributed by atoms with E-state index in [1.165, 1.54) is 0 Å². The van der Waals surface area contributed by atoms with E-state index < -0.39 is 8.60 Å². The zero-order valence-electron chi connectivity index (χ0n) is 9.03. The first-order chi connectivity index (χ1) is 5.88. The molecule has 0 aromatic heterocycles. The van der Waals surface area contributed by atoms with Gasteiger partial charge in [0.05, 0.1) is 18.8 Å². The molecule has 0 spiro atoms. The maximum Gasteiger partial charge on any atom is 0.333 e. The Morgan fingerprint density at radius 3 is 2.00 bits per heavy atom. The van der Waals surface area contributed by atoms with Crippen molar-refractivity contribution in [3.8, 4) is 0 Å². The van der Waals surface area contributed by atoms with Crippen molar-refractivity contribution in [3.05, 3.63) is 0 Å². The zero-order chi connectivity index (χ0) is 10.1. The fourth-order valence-electron chi connectivity index (χ4n) is 0.775. The monoisotopic (exact) mass is 206 g/mol. The van der Waals surface area contributed by atoms with E-state index in [2.05, 4.69) is 20.8 Å². The van der Waals surface area contributed by atoms with Gasteiger partial charge in [0.15, 0.2) is 0 Å². The van der Waals surface area contributed by atoms with Crippen LogP contribution in [0.3, 0.4) is 0 Å².